The average Bonchev–Trinajstić information content (AvgIpc) is 3.26. The van der Waals surface area contributed by atoms with Gasteiger partial charge in [-0.25, -0.2) is 9.38 Å². The molecule has 1 aliphatic heterocycles. The fraction of sp³-hybridized carbons (Fsp3) is 0.500. The maximum absolute atomic E-state index is 14.7. The summed E-state index contributed by atoms with van der Waals surface area (Å²) in [6.45, 7) is 10.9. The molecule has 0 bridgehead atoms. The van der Waals surface area contributed by atoms with E-state index in [9.17, 15) is 4.39 Å². The van der Waals surface area contributed by atoms with Crippen molar-refractivity contribution in [2.75, 3.05) is 50.7 Å². The van der Waals surface area contributed by atoms with Crippen LogP contribution in [0, 0.1) is 5.82 Å². The van der Waals surface area contributed by atoms with Crippen molar-refractivity contribution in [2.45, 2.75) is 26.8 Å². The van der Waals surface area contributed by atoms with Gasteiger partial charge in [0.1, 0.15) is 11.6 Å². The van der Waals surface area contributed by atoms with Gasteiger partial charge in [0.25, 0.3) is 0 Å². The lowest BCUT2D eigenvalue weighted by Gasteiger charge is -2.35. The molecule has 0 spiro atoms. The van der Waals surface area contributed by atoms with E-state index >= 15 is 0 Å². The third kappa shape index (κ3) is 7.16. The number of guanidine groups is 1. The molecule has 8 heteroatoms. The van der Waals surface area contributed by atoms with Crippen LogP contribution in [0.2, 0.25) is 0 Å². The first-order valence-corrected chi connectivity index (χ1v) is 10.5. The number of piperazine rings is 1. The fourth-order valence-electron chi connectivity index (χ4n) is 3.48. The summed E-state index contributed by atoms with van der Waals surface area (Å²) in [5.41, 5.74) is 1.55. The van der Waals surface area contributed by atoms with Gasteiger partial charge < -0.3 is 24.9 Å². The zero-order chi connectivity index (χ0) is 20.5. The van der Waals surface area contributed by atoms with Gasteiger partial charge >= 0.3 is 0 Å². The molecule has 30 heavy (non-hydrogen) atoms. The third-order valence-corrected chi connectivity index (χ3v) is 5.18. The van der Waals surface area contributed by atoms with E-state index in [1.807, 2.05) is 31.2 Å². The number of aliphatic imine (C=N–C) groups is 1. The maximum atomic E-state index is 14.7. The number of anilines is 1. The second-order valence-corrected chi connectivity index (χ2v) is 7.16. The van der Waals surface area contributed by atoms with Crippen molar-refractivity contribution in [2.24, 2.45) is 4.99 Å². The van der Waals surface area contributed by atoms with Crippen molar-refractivity contribution in [3.8, 4) is 0 Å². The lowest BCUT2D eigenvalue weighted by molar-refractivity contribution is 0.270. The number of furan rings is 1. The summed E-state index contributed by atoms with van der Waals surface area (Å²) >= 11 is 0. The molecule has 0 unspecified atom stereocenters. The van der Waals surface area contributed by atoms with Gasteiger partial charge in [0, 0.05) is 45.7 Å². The molecule has 6 nitrogen and oxygen atoms in total. The molecular weight excluding hydrogens is 496 g/mol. The summed E-state index contributed by atoms with van der Waals surface area (Å²) < 4.78 is 20.0. The topological polar surface area (TPSA) is 56.0 Å². The summed E-state index contributed by atoms with van der Waals surface area (Å²) in [4.78, 5) is 9.10. The quantitative estimate of drug-likeness (QED) is 0.312. The summed E-state index contributed by atoms with van der Waals surface area (Å²) in [6, 6.07) is 9.31. The van der Waals surface area contributed by atoms with Crippen molar-refractivity contribution < 1.29 is 8.81 Å². The first-order valence-electron chi connectivity index (χ1n) is 10.5. The molecule has 3 rings (SSSR count). The third-order valence-electron chi connectivity index (χ3n) is 5.18. The number of hydrogen-bond donors (Lipinski definition) is 2. The van der Waals surface area contributed by atoms with Gasteiger partial charge in [-0.1, -0.05) is 13.0 Å². The van der Waals surface area contributed by atoms with E-state index in [-0.39, 0.29) is 29.8 Å². The molecule has 1 saturated heterocycles. The van der Waals surface area contributed by atoms with Gasteiger partial charge in [-0.05, 0) is 43.3 Å². The highest BCUT2D eigenvalue weighted by molar-refractivity contribution is 14.0. The zero-order valence-electron chi connectivity index (χ0n) is 17.9. The molecule has 0 aliphatic carbocycles. The fourth-order valence-corrected chi connectivity index (χ4v) is 3.48. The highest BCUT2D eigenvalue weighted by Gasteiger charge is 2.18. The lowest BCUT2D eigenvalue weighted by Crippen LogP contribution is -2.46. The van der Waals surface area contributed by atoms with E-state index in [2.05, 4.69) is 32.3 Å². The summed E-state index contributed by atoms with van der Waals surface area (Å²) in [7, 11) is 0. The lowest BCUT2D eigenvalue weighted by atomic mass is 10.1. The smallest absolute Gasteiger partial charge is 0.191 e. The van der Waals surface area contributed by atoms with Crippen LogP contribution >= 0.6 is 24.0 Å². The Morgan fingerprint density at radius 3 is 2.57 bits per heavy atom. The Bertz CT molecular complexity index is 776. The van der Waals surface area contributed by atoms with Crippen LogP contribution in [0.15, 0.2) is 46.0 Å². The van der Waals surface area contributed by atoms with Gasteiger partial charge in [0.05, 0.1) is 18.5 Å². The highest BCUT2D eigenvalue weighted by Crippen LogP contribution is 2.22. The molecule has 2 N–H and O–H groups in total. The summed E-state index contributed by atoms with van der Waals surface area (Å²) in [6.07, 6.45) is 2.46. The molecule has 0 atom stereocenters. The van der Waals surface area contributed by atoms with Crippen molar-refractivity contribution in [3.05, 3.63) is 53.7 Å². The molecule has 1 aromatic carbocycles. The SMILES string of the molecule is CCNC(=NCc1ccc(N2CCN(CC)CC2)c(F)c1)NCCc1ccco1.I. The van der Waals surface area contributed by atoms with Gasteiger partial charge in [-0.3, -0.25) is 0 Å². The molecule has 1 aliphatic rings. The first-order chi connectivity index (χ1) is 14.2. The number of hydrogen-bond acceptors (Lipinski definition) is 4. The van der Waals surface area contributed by atoms with Gasteiger partial charge in [-0.15, -0.1) is 24.0 Å². The predicted molar refractivity (Wildman–Crippen MR) is 131 cm³/mol. The number of likely N-dealkylation sites (N-methyl/N-ethyl adjacent to an activating group) is 1. The minimum atomic E-state index is -0.168. The van der Waals surface area contributed by atoms with Gasteiger partial charge in [-0.2, -0.15) is 0 Å². The molecule has 1 fully saturated rings. The Hall–Kier alpha value is -1.81. The minimum absolute atomic E-state index is 0. The maximum Gasteiger partial charge on any atom is 0.191 e. The van der Waals surface area contributed by atoms with Gasteiger partial charge in [0.15, 0.2) is 5.96 Å². The number of nitrogens with one attached hydrogen (secondary N) is 2. The molecular formula is C22H33FIN5O. The number of nitrogens with zero attached hydrogens (tertiary/aromatic N) is 3. The van der Waals surface area contributed by atoms with Crippen LogP contribution < -0.4 is 15.5 Å². The Morgan fingerprint density at radius 1 is 1.13 bits per heavy atom. The molecule has 0 amide bonds. The second kappa shape index (κ2) is 12.8. The standard InChI is InChI=1S/C22H32FN5O.HI/c1-3-24-22(25-10-9-19-6-5-15-29-19)26-17-18-7-8-21(20(23)16-18)28-13-11-27(4-2)12-14-28;/h5-8,15-16H,3-4,9-14,17H2,1-2H3,(H2,24,25,26);1H. The predicted octanol–water partition coefficient (Wildman–Crippen LogP) is 3.48. The molecule has 2 aromatic rings. The van der Waals surface area contributed by atoms with E-state index < -0.39 is 0 Å². The largest absolute Gasteiger partial charge is 0.469 e. The number of benzene rings is 1. The molecule has 2 heterocycles. The monoisotopic (exact) mass is 529 g/mol. The Balaban J connectivity index is 0.00000320. The molecule has 166 valence electrons. The Morgan fingerprint density at radius 2 is 1.93 bits per heavy atom. The summed E-state index contributed by atoms with van der Waals surface area (Å²) in [5, 5.41) is 6.51. The van der Waals surface area contributed by atoms with E-state index in [1.54, 1.807) is 12.3 Å². The minimum Gasteiger partial charge on any atom is -0.469 e. The van der Waals surface area contributed by atoms with Crippen LogP contribution in [0.3, 0.4) is 0 Å². The zero-order valence-corrected chi connectivity index (χ0v) is 20.2. The Labute approximate surface area is 195 Å². The van der Waals surface area contributed by atoms with Crippen LogP contribution in [0.5, 0.6) is 0 Å². The van der Waals surface area contributed by atoms with E-state index in [4.69, 9.17) is 4.42 Å². The highest BCUT2D eigenvalue weighted by atomic mass is 127. The molecule has 0 saturated carbocycles. The second-order valence-electron chi connectivity index (χ2n) is 7.16. The van der Waals surface area contributed by atoms with E-state index in [1.165, 1.54) is 0 Å². The number of rotatable bonds is 8. The van der Waals surface area contributed by atoms with Crippen molar-refractivity contribution in [1.82, 2.24) is 15.5 Å². The van der Waals surface area contributed by atoms with E-state index in [0.717, 1.165) is 69.5 Å². The summed E-state index contributed by atoms with van der Waals surface area (Å²) in [5.74, 6) is 1.49. The van der Waals surface area contributed by atoms with Crippen molar-refractivity contribution in [3.63, 3.8) is 0 Å². The molecule has 1 aromatic heterocycles. The van der Waals surface area contributed by atoms with Crippen LogP contribution in [-0.4, -0.2) is 56.7 Å². The first kappa shape index (κ1) is 24.5. The van der Waals surface area contributed by atoms with Crippen molar-refractivity contribution >= 4 is 35.6 Å². The average molecular weight is 529 g/mol. The van der Waals surface area contributed by atoms with Crippen molar-refractivity contribution in [1.29, 1.82) is 0 Å². The molecule has 0 radical (unpaired) electrons. The Kier molecular flexibility index (Phi) is 10.4. The van der Waals surface area contributed by atoms with E-state index in [0.29, 0.717) is 12.2 Å². The number of halogens is 2. The van der Waals surface area contributed by atoms with Crippen LogP contribution in [0.25, 0.3) is 0 Å². The van der Waals surface area contributed by atoms with Crippen LogP contribution in [0.4, 0.5) is 10.1 Å². The van der Waals surface area contributed by atoms with Gasteiger partial charge in [0.2, 0.25) is 0 Å². The van der Waals surface area contributed by atoms with Crippen LogP contribution in [-0.2, 0) is 13.0 Å². The van der Waals surface area contributed by atoms with Crippen LogP contribution in [0.1, 0.15) is 25.2 Å². The normalized spacial score (nSPS) is 15.0.